The Bertz CT molecular complexity index is 599. The number of rotatable bonds is 3. The second-order valence-electron chi connectivity index (χ2n) is 3.67. The van der Waals surface area contributed by atoms with Crippen molar-refractivity contribution in [3.63, 3.8) is 0 Å². The van der Waals surface area contributed by atoms with Crippen molar-refractivity contribution in [1.82, 2.24) is 4.98 Å². The third kappa shape index (κ3) is 2.42. The minimum atomic E-state index is -1.01. The molecule has 0 amide bonds. The lowest BCUT2D eigenvalue weighted by Gasteiger charge is -2.07. The van der Waals surface area contributed by atoms with E-state index in [0.29, 0.717) is 11.3 Å². The lowest BCUT2D eigenvalue weighted by Crippen LogP contribution is -2.01. The first kappa shape index (κ1) is 12.7. The van der Waals surface area contributed by atoms with Crippen LogP contribution in [0.1, 0.15) is 15.9 Å². The number of aliphatic hydroxyl groups is 1. The fraction of sp³-hybridized carbons (Fsp3) is 0.0769. The number of aromatic carboxylic acids is 1. The lowest BCUT2D eigenvalue weighted by atomic mass is 10.0. The molecule has 0 fully saturated rings. The van der Waals surface area contributed by atoms with E-state index in [4.69, 9.17) is 10.2 Å². The van der Waals surface area contributed by atoms with Crippen LogP contribution in [0.15, 0.2) is 41.0 Å². The average molecular weight is 308 g/mol. The van der Waals surface area contributed by atoms with Gasteiger partial charge in [-0.2, -0.15) is 0 Å². The Morgan fingerprint density at radius 2 is 2.11 bits per heavy atom. The molecule has 0 aliphatic rings. The van der Waals surface area contributed by atoms with Crippen molar-refractivity contribution in [3.05, 3.63) is 52.1 Å². The summed E-state index contributed by atoms with van der Waals surface area (Å²) in [4.78, 5) is 15.2. The number of carboxylic acid groups (broad SMARTS) is 1. The van der Waals surface area contributed by atoms with E-state index in [2.05, 4.69) is 20.9 Å². The number of carboxylic acids is 1. The van der Waals surface area contributed by atoms with Crippen molar-refractivity contribution >= 4 is 21.9 Å². The fourth-order valence-corrected chi connectivity index (χ4v) is 2.13. The summed E-state index contributed by atoms with van der Waals surface area (Å²) in [6.45, 7) is -0.0745. The standard InChI is InChI=1S/C13H10BrNO3/c14-11-6-8(3-4-9(11)7-16)12-10(13(17)18)2-1-5-15-12/h1-6,16H,7H2,(H,17,18). The highest BCUT2D eigenvalue weighted by molar-refractivity contribution is 9.10. The van der Waals surface area contributed by atoms with Crippen molar-refractivity contribution in [3.8, 4) is 11.3 Å². The number of halogens is 1. The van der Waals surface area contributed by atoms with E-state index in [1.54, 1.807) is 30.5 Å². The van der Waals surface area contributed by atoms with E-state index in [-0.39, 0.29) is 12.2 Å². The molecule has 1 aromatic carbocycles. The third-order valence-electron chi connectivity index (χ3n) is 2.53. The number of aromatic nitrogens is 1. The second-order valence-corrected chi connectivity index (χ2v) is 4.52. The highest BCUT2D eigenvalue weighted by Crippen LogP contribution is 2.27. The van der Waals surface area contributed by atoms with Crippen LogP contribution in [0, 0.1) is 0 Å². The summed E-state index contributed by atoms with van der Waals surface area (Å²) in [7, 11) is 0. The van der Waals surface area contributed by atoms with Gasteiger partial charge >= 0.3 is 5.97 Å². The van der Waals surface area contributed by atoms with Crippen LogP contribution in [0.25, 0.3) is 11.3 Å². The highest BCUT2D eigenvalue weighted by Gasteiger charge is 2.13. The van der Waals surface area contributed by atoms with Gasteiger partial charge in [-0.25, -0.2) is 4.79 Å². The second kappa shape index (κ2) is 5.29. The zero-order valence-corrected chi connectivity index (χ0v) is 10.9. The third-order valence-corrected chi connectivity index (χ3v) is 3.27. The van der Waals surface area contributed by atoms with Crippen molar-refractivity contribution in [2.75, 3.05) is 0 Å². The molecule has 4 nitrogen and oxygen atoms in total. The molecule has 0 atom stereocenters. The van der Waals surface area contributed by atoms with Gasteiger partial charge in [-0.15, -0.1) is 0 Å². The van der Waals surface area contributed by atoms with Crippen molar-refractivity contribution in [2.45, 2.75) is 6.61 Å². The van der Waals surface area contributed by atoms with E-state index in [0.717, 1.165) is 10.0 Å². The predicted molar refractivity (Wildman–Crippen MR) is 70.3 cm³/mol. The van der Waals surface area contributed by atoms with Gasteiger partial charge in [-0.05, 0) is 23.8 Å². The summed E-state index contributed by atoms with van der Waals surface area (Å²) in [5, 5.41) is 18.2. The van der Waals surface area contributed by atoms with Crippen LogP contribution in [0.2, 0.25) is 0 Å². The number of carbonyl (C=O) groups is 1. The Balaban J connectivity index is 2.55. The molecule has 0 aliphatic carbocycles. The summed E-state index contributed by atoms with van der Waals surface area (Å²) < 4.78 is 0.726. The van der Waals surface area contributed by atoms with Gasteiger partial charge in [0.05, 0.1) is 17.9 Å². The van der Waals surface area contributed by atoms with E-state index < -0.39 is 5.97 Å². The van der Waals surface area contributed by atoms with E-state index >= 15 is 0 Å². The van der Waals surface area contributed by atoms with Crippen LogP contribution in [0.5, 0.6) is 0 Å². The van der Waals surface area contributed by atoms with Crippen molar-refractivity contribution < 1.29 is 15.0 Å². The Morgan fingerprint density at radius 1 is 1.33 bits per heavy atom. The molecule has 0 radical (unpaired) electrons. The molecule has 0 aliphatic heterocycles. The first-order chi connectivity index (χ1) is 8.63. The minimum Gasteiger partial charge on any atom is -0.478 e. The van der Waals surface area contributed by atoms with Crippen LogP contribution in [0.4, 0.5) is 0 Å². The smallest absolute Gasteiger partial charge is 0.337 e. The Hall–Kier alpha value is -1.72. The normalized spacial score (nSPS) is 10.3. The van der Waals surface area contributed by atoms with Gasteiger partial charge in [0.15, 0.2) is 0 Å². The van der Waals surface area contributed by atoms with E-state index in [1.165, 1.54) is 6.07 Å². The van der Waals surface area contributed by atoms with Gasteiger partial charge in [0.2, 0.25) is 0 Å². The van der Waals surface area contributed by atoms with Crippen molar-refractivity contribution in [2.24, 2.45) is 0 Å². The number of hydrogen-bond donors (Lipinski definition) is 2. The van der Waals surface area contributed by atoms with Crippen LogP contribution >= 0.6 is 15.9 Å². The number of benzene rings is 1. The first-order valence-corrected chi connectivity index (χ1v) is 6.00. The largest absolute Gasteiger partial charge is 0.478 e. The van der Waals surface area contributed by atoms with Gasteiger partial charge in [-0.3, -0.25) is 4.98 Å². The molecule has 0 saturated carbocycles. The molecule has 2 rings (SSSR count). The van der Waals surface area contributed by atoms with Gasteiger partial charge in [0.25, 0.3) is 0 Å². The quantitative estimate of drug-likeness (QED) is 0.914. The molecule has 0 saturated heterocycles. The molecular weight excluding hydrogens is 298 g/mol. The molecule has 2 aromatic rings. The number of nitrogens with zero attached hydrogens (tertiary/aromatic N) is 1. The Labute approximate surface area is 112 Å². The molecule has 1 aromatic heterocycles. The van der Waals surface area contributed by atoms with Crippen LogP contribution in [-0.4, -0.2) is 21.2 Å². The monoisotopic (exact) mass is 307 g/mol. The summed E-state index contributed by atoms with van der Waals surface area (Å²) in [5.74, 6) is -1.01. The maximum absolute atomic E-state index is 11.1. The molecule has 2 N–H and O–H groups in total. The number of hydrogen-bond acceptors (Lipinski definition) is 3. The zero-order valence-electron chi connectivity index (χ0n) is 9.30. The van der Waals surface area contributed by atoms with E-state index in [9.17, 15) is 4.79 Å². The Kier molecular flexibility index (Phi) is 3.74. The molecule has 0 unspecified atom stereocenters. The molecule has 92 valence electrons. The first-order valence-electron chi connectivity index (χ1n) is 5.21. The van der Waals surface area contributed by atoms with Gasteiger partial charge in [-0.1, -0.05) is 28.1 Å². The molecule has 1 heterocycles. The lowest BCUT2D eigenvalue weighted by molar-refractivity contribution is 0.0697. The summed E-state index contributed by atoms with van der Waals surface area (Å²) in [6.07, 6.45) is 1.55. The van der Waals surface area contributed by atoms with E-state index in [1.807, 2.05) is 0 Å². The zero-order chi connectivity index (χ0) is 13.1. The summed E-state index contributed by atoms with van der Waals surface area (Å²) >= 11 is 3.33. The molecular formula is C13H10BrNO3. The van der Waals surface area contributed by atoms with Crippen molar-refractivity contribution in [1.29, 1.82) is 0 Å². The average Bonchev–Trinajstić information content (AvgIpc) is 2.38. The Morgan fingerprint density at radius 3 is 2.72 bits per heavy atom. The maximum atomic E-state index is 11.1. The molecule has 0 spiro atoms. The van der Waals surface area contributed by atoms with Gasteiger partial charge in [0.1, 0.15) is 0 Å². The minimum absolute atomic E-state index is 0.0745. The van der Waals surface area contributed by atoms with Gasteiger partial charge in [0, 0.05) is 16.2 Å². The van der Waals surface area contributed by atoms with Crippen LogP contribution in [-0.2, 0) is 6.61 Å². The number of aliphatic hydroxyl groups excluding tert-OH is 1. The molecule has 5 heteroatoms. The SMILES string of the molecule is O=C(O)c1cccnc1-c1ccc(CO)c(Br)c1. The van der Waals surface area contributed by atoms with Crippen LogP contribution in [0.3, 0.4) is 0 Å². The fourth-order valence-electron chi connectivity index (χ4n) is 1.63. The highest BCUT2D eigenvalue weighted by atomic mass is 79.9. The molecule has 18 heavy (non-hydrogen) atoms. The summed E-state index contributed by atoms with van der Waals surface area (Å²) in [6, 6.07) is 8.33. The van der Waals surface area contributed by atoms with Crippen LogP contribution < -0.4 is 0 Å². The van der Waals surface area contributed by atoms with Gasteiger partial charge < -0.3 is 10.2 Å². The summed E-state index contributed by atoms with van der Waals surface area (Å²) in [5.41, 5.74) is 2.00. The number of pyridine rings is 1. The predicted octanol–water partition coefficient (Wildman–Crippen LogP) is 2.70. The molecule has 0 bridgehead atoms. The topological polar surface area (TPSA) is 70.4 Å². The maximum Gasteiger partial charge on any atom is 0.337 e.